The molecule has 1 aromatic heterocycles. The summed E-state index contributed by atoms with van der Waals surface area (Å²) in [6.07, 6.45) is 7.15. The zero-order valence-electron chi connectivity index (χ0n) is 10.6. The number of halogens is 2. The second-order valence-corrected chi connectivity index (χ2v) is 4.84. The molecule has 0 radical (unpaired) electrons. The molecule has 0 atom stereocenters. The highest BCUT2D eigenvalue weighted by molar-refractivity contribution is 6.42. The molecule has 2 aromatic rings. The standard InChI is InChI=1S/C14H13Cl2N3O/c15-11-3-1-2-10(14(11)16)4-5-13(20)19-7-6-12-17-8-9-18-12/h1-5,8-9H,6-7H2,(H,17,18)(H,19,20)/b5-4+. The fraction of sp³-hybridized carbons (Fsp3) is 0.143. The molecule has 0 bridgehead atoms. The Labute approximate surface area is 126 Å². The van der Waals surface area contributed by atoms with Gasteiger partial charge >= 0.3 is 0 Å². The molecular formula is C14H13Cl2N3O. The van der Waals surface area contributed by atoms with E-state index < -0.39 is 0 Å². The zero-order valence-corrected chi connectivity index (χ0v) is 12.1. The number of hydrogen-bond acceptors (Lipinski definition) is 2. The first-order valence-corrected chi connectivity index (χ1v) is 6.80. The van der Waals surface area contributed by atoms with Crippen LogP contribution in [0.1, 0.15) is 11.4 Å². The SMILES string of the molecule is O=C(/C=C/c1cccc(Cl)c1Cl)NCCc1ncc[nH]1. The van der Waals surface area contributed by atoms with Crippen LogP contribution in [-0.4, -0.2) is 22.4 Å². The molecular weight excluding hydrogens is 297 g/mol. The summed E-state index contributed by atoms with van der Waals surface area (Å²) < 4.78 is 0. The van der Waals surface area contributed by atoms with Crippen molar-refractivity contribution in [2.24, 2.45) is 0 Å². The molecule has 0 saturated heterocycles. The van der Waals surface area contributed by atoms with Crippen LogP contribution < -0.4 is 5.32 Å². The largest absolute Gasteiger partial charge is 0.352 e. The van der Waals surface area contributed by atoms with Crippen molar-refractivity contribution in [2.75, 3.05) is 6.54 Å². The first kappa shape index (κ1) is 14.6. The second-order valence-electron chi connectivity index (χ2n) is 4.05. The van der Waals surface area contributed by atoms with Crippen molar-refractivity contribution in [1.29, 1.82) is 0 Å². The predicted molar refractivity (Wildman–Crippen MR) is 80.8 cm³/mol. The maximum atomic E-state index is 11.6. The summed E-state index contributed by atoms with van der Waals surface area (Å²) in [6.45, 7) is 0.514. The smallest absolute Gasteiger partial charge is 0.244 e. The molecule has 0 aliphatic carbocycles. The molecule has 2 N–H and O–H groups in total. The number of rotatable bonds is 5. The van der Waals surface area contributed by atoms with E-state index in [2.05, 4.69) is 15.3 Å². The van der Waals surface area contributed by atoms with E-state index in [1.807, 2.05) is 0 Å². The average molecular weight is 310 g/mol. The summed E-state index contributed by atoms with van der Waals surface area (Å²) in [5, 5.41) is 3.67. The second kappa shape index (κ2) is 7.12. The molecule has 1 aromatic carbocycles. The van der Waals surface area contributed by atoms with Crippen LogP contribution in [0.5, 0.6) is 0 Å². The Hall–Kier alpha value is -1.78. The Bertz CT molecular complexity index is 609. The number of H-pyrrole nitrogens is 1. The van der Waals surface area contributed by atoms with Gasteiger partial charge in [0.15, 0.2) is 0 Å². The van der Waals surface area contributed by atoms with Gasteiger partial charge in [0.25, 0.3) is 0 Å². The number of aromatic nitrogens is 2. The third kappa shape index (κ3) is 4.11. The van der Waals surface area contributed by atoms with E-state index in [1.54, 1.807) is 36.7 Å². The molecule has 4 nitrogen and oxygen atoms in total. The minimum Gasteiger partial charge on any atom is -0.352 e. The van der Waals surface area contributed by atoms with Gasteiger partial charge in [-0.2, -0.15) is 0 Å². The summed E-state index contributed by atoms with van der Waals surface area (Å²) in [6, 6.07) is 5.27. The van der Waals surface area contributed by atoms with Gasteiger partial charge in [-0.15, -0.1) is 0 Å². The van der Waals surface area contributed by atoms with Crippen LogP contribution in [0.15, 0.2) is 36.7 Å². The van der Waals surface area contributed by atoms with Gasteiger partial charge in [-0.25, -0.2) is 4.98 Å². The van der Waals surface area contributed by atoms with Crippen molar-refractivity contribution in [3.05, 3.63) is 58.1 Å². The summed E-state index contributed by atoms with van der Waals surface area (Å²) >= 11 is 11.9. The number of carbonyl (C=O) groups excluding carboxylic acids is 1. The van der Waals surface area contributed by atoms with Gasteiger partial charge in [-0.3, -0.25) is 4.79 Å². The van der Waals surface area contributed by atoms with Crippen LogP contribution >= 0.6 is 23.2 Å². The number of amides is 1. The van der Waals surface area contributed by atoms with Crippen LogP contribution in [0.2, 0.25) is 10.0 Å². The molecule has 6 heteroatoms. The highest BCUT2D eigenvalue weighted by Crippen LogP contribution is 2.26. The van der Waals surface area contributed by atoms with Crippen molar-refractivity contribution in [2.45, 2.75) is 6.42 Å². The minimum absolute atomic E-state index is 0.187. The van der Waals surface area contributed by atoms with Crippen LogP contribution in [0, 0.1) is 0 Å². The molecule has 104 valence electrons. The highest BCUT2D eigenvalue weighted by atomic mass is 35.5. The number of benzene rings is 1. The van der Waals surface area contributed by atoms with Gasteiger partial charge in [0.05, 0.1) is 10.0 Å². The van der Waals surface area contributed by atoms with Crippen molar-refractivity contribution < 1.29 is 4.79 Å². The molecule has 0 aliphatic heterocycles. The number of imidazole rings is 1. The molecule has 0 fully saturated rings. The lowest BCUT2D eigenvalue weighted by Gasteiger charge is -2.01. The summed E-state index contributed by atoms with van der Waals surface area (Å²) in [5.74, 6) is 0.653. The van der Waals surface area contributed by atoms with Crippen molar-refractivity contribution in [3.63, 3.8) is 0 Å². The van der Waals surface area contributed by atoms with E-state index >= 15 is 0 Å². The number of nitrogens with one attached hydrogen (secondary N) is 2. The first-order chi connectivity index (χ1) is 9.66. The normalized spacial score (nSPS) is 10.9. The van der Waals surface area contributed by atoms with Crippen LogP contribution in [-0.2, 0) is 11.2 Å². The minimum atomic E-state index is -0.187. The van der Waals surface area contributed by atoms with E-state index in [1.165, 1.54) is 6.08 Å². The Morgan fingerprint density at radius 1 is 1.40 bits per heavy atom. The van der Waals surface area contributed by atoms with E-state index in [9.17, 15) is 4.79 Å². The van der Waals surface area contributed by atoms with Gasteiger partial charge in [0.1, 0.15) is 5.82 Å². The zero-order chi connectivity index (χ0) is 14.4. The lowest BCUT2D eigenvalue weighted by atomic mass is 10.2. The highest BCUT2D eigenvalue weighted by Gasteiger charge is 2.02. The maximum Gasteiger partial charge on any atom is 0.244 e. The molecule has 2 rings (SSSR count). The van der Waals surface area contributed by atoms with E-state index in [-0.39, 0.29) is 5.91 Å². The topological polar surface area (TPSA) is 57.8 Å². The number of nitrogens with zero attached hydrogens (tertiary/aromatic N) is 1. The molecule has 0 aliphatic rings. The fourth-order valence-electron chi connectivity index (χ4n) is 1.61. The third-order valence-electron chi connectivity index (χ3n) is 2.61. The lowest BCUT2D eigenvalue weighted by molar-refractivity contribution is -0.116. The third-order valence-corrected chi connectivity index (χ3v) is 3.45. The molecule has 0 spiro atoms. The van der Waals surface area contributed by atoms with Gasteiger partial charge in [0, 0.05) is 31.4 Å². The number of aromatic amines is 1. The molecule has 1 heterocycles. The predicted octanol–water partition coefficient (Wildman–Crippen LogP) is 3.09. The molecule has 0 unspecified atom stereocenters. The Morgan fingerprint density at radius 3 is 3.00 bits per heavy atom. The Kier molecular flexibility index (Phi) is 5.21. The Balaban J connectivity index is 1.84. The van der Waals surface area contributed by atoms with Gasteiger partial charge in [-0.1, -0.05) is 35.3 Å². The monoisotopic (exact) mass is 309 g/mol. The maximum absolute atomic E-state index is 11.6. The summed E-state index contributed by atoms with van der Waals surface area (Å²) in [4.78, 5) is 18.7. The van der Waals surface area contributed by atoms with Crippen LogP contribution in [0.25, 0.3) is 6.08 Å². The summed E-state index contributed by atoms with van der Waals surface area (Å²) in [5.41, 5.74) is 0.709. The summed E-state index contributed by atoms with van der Waals surface area (Å²) in [7, 11) is 0. The van der Waals surface area contributed by atoms with E-state index in [0.717, 1.165) is 5.82 Å². The van der Waals surface area contributed by atoms with E-state index in [0.29, 0.717) is 28.6 Å². The number of carbonyl (C=O) groups is 1. The van der Waals surface area contributed by atoms with Crippen molar-refractivity contribution >= 4 is 35.2 Å². The van der Waals surface area contributed by atoms with E-state index in [4.69, 9.17) is 23.2 Å². The quantitative estimate of drug-likeness (QED) is 0.834. The van der Waals surface area contributed by atoms with Crippen LogP contribution in [0.3, 0.4) is 0 Å². The van der Waals surface area contributed by atoms with Gasteiger partial charge < -0.3 is 10.3 Å². The molecule has 0 saturated carbocycles. The van der Waals surface area contributed by atoms with Crippen molar-refractivity contribution in [3.8, 4) is 0 Å². The number of hydrogen-bond donors (Lipinski definition) is 2. The first-order valence-electron chi connectivity index (χ1n) is 6.05. The lowest BCUT2D eigenvalue weighted by Crippen LogP contribution is -2.23. The Morgan fingerprint density at radius 2 is 2.25 bits per heavy atom. The van der Waals surface area contributed by atoms with Gasteiger partial charge in [0.2, 0.25) is 5.91 Å². The average Bonchev–Trinajstić information content (AvgIpc) is 2.94. The molecule has 20 heavy (non-hydrogen) atoms. The van der Waals surface area contributed by atoms with Crippen LogP contribution in [0.4, 0.5) is 0 Å². The van der Waals surface area contributed by atoms with Gasteiger partial charge in [-0.05, 0) is 17.7 Å². The molecule has 1 amide bonds. The fourth-order valence-corrected chi connectivity index (χ4v) is 1.98. The van der Waals surface area contributed by atoms with Crippen molar-refractivity contribution in [1.82, 2.24) is 15.3 Å².